The highest BCUT2D eigenvalue weighted by atomic mass is 16.6. The Hall–Kier alpha value is -2.82. The fraction of sp³-hybridized carbons (Fsp3) is 0.391. The SMILES string of the molecule is O=C(O)C1CC2CCC1N(C(=O)OCC1c3ccccc3-c3ccccc31)C2. The first-order valence-electron chi connectivity index (χ1n) is 9.98. The number of carbonyl (C=O) groups excluding carboxylic acids is 1. The molecule has 144 valence electrons. The normalized spacial score (nSPS) is 25.3. The second-order valence-electron chi connectivity index (χ2n) is 8.15. The zero-order valence-electron chi connectivity index (χ0n) is 15.6. The first-order valence-corrected chi connectivity index (χ1v) is 9.98. The summed E-state index contributed by atoms with van der Waals surface area (Å²) in [5.74, 6) is -0.973. The third kappa shape index (κ3) is 2.68. The number of benzene rings is 2. The van der Waals surface area contributed by atoms with Crippen LogP contribution in [0.3, 0.4) is 0 Å². The third-order valence-corrected chi connectivity index (χ3v) is 6.67. The maximum Gasteiger partial charge on any atom is 0.410 e. The molecule has 0 radical (unpaired) electrons. The standard InChI is InChI=1S/C23H23NO4/c25-22(26)19-11-14-9-10-21(19)24(12-14)23(27)28-13-20-17-7-3-1-5-15(17)16-6-2-4-8-18(16)20/h1-8,14,19-21H,9-13H2,(H,25,26). The quantitative estimate of drug-likeness (QED) is 0.874. The molecule has 2 bridgehead atoms. The van der Waals surface area contributed by atoms with Gasteiger partial charge in [0.1, 0.15) is 6.61 Å². The maximum absolute atomic E-state index is 12.8. The maximum atomic E-state index is 12.8. The number of aliphatic carboxylic acids is 1. The molecule has 2 aliphatic heterocycles. The predicted octanol–water partition coefficient (Wildman–Crippen LogP) is 4.12. The lowest BCUT2D eigenvalue weighted by atomic mass is 9.73. The number of hydrogen-bond donors (Lipinski definition) is 1. The van der Waals surface area contributed by atoms with Crippen molar-refractivity contribution in [2.45, 2.75) is 31.2 Å². The van der Waals surface area contributed by atoms with Crippen LogP contribution in [-0.4, -0.2) is 41.3 Å². The van der Waals surface area contributed by atoms with E-state index in [9.17, 15) is 14.7 Å². The van der Waals surface area contributed by atoms with E-state index in [4.69, 9.17) is 4.74 Å². The number of carboxylic acid groups (broad SMARTS) is 1. The third-order valence-electron chi connectivity index (χ3n) is 6.67. The first-order chi connectivity index (χ1) is 13.6. The van der Waals surface area contributed by atoms with Crippen LogP contribution >= 0.6 is 0 Å². The van der Waals surface area contributed by atoms with E-state index in [0.717, 1.165) is 12.8 Å². The Kier molecular flexibility index (Phi) is 4.11. The Morgan fingerprint density at radius 3 is 2.25 bits per heavy atom. The van der Waals surface area contributed by atoms with Crippen LogP contribution in [0.4, 0.5) is 4.79 Å². The fourth-order valence-corrected chi connectivity index (χ4v) is 5.35. The van der Waals surface area contributed by atoms with Crippen LogP contribution in [0.15, 0.2) is 48.5 Å². The summed E-state index contributed by atoms with van der Waals surface area (Å²) in [7, 11) is 0. The number of fused-ring (bicyclic) bond motifs is 6. The van der Waals surface area contributed by atoms with Crippen molar-refractivity contribution in [2.24, 2.45) is 11.8 Å². The van der Waals surface area contributed by atoms with Gasteiger partial charge in [0.05, 0.1) is 5.92 Å². The van der Waals surface area contributed by atoms with Gasteiger partial charge >= 0.3 is 12.1 Å². The molecule has 1 saturated carbocycles. The number of piperidine rings is 2. The van der Waals surface area contributed by atoms with Gasteiger partial charge in [-0.05, 0) is 47.4 Å². The molecule has 2 aromatic carbocycles. The zero-order valence-corrected chi connectivity index (χ0v) is 15.6. The first kappa shape index (κ1) is 17.3. The number of ether oxygens (including phenoxy) is 1. The second-order valence-corrected chi connectivity index (χ2v) is 8.15. The van der Waals surface area contributed by atoms with Gasteiger partial charge in [0, 0.05) is 18.5 Å². The molecule has 4 aliphatic rings. The van der Waals surface area contributed by atoms with Crippen molar-refractivity contribution in [3.63, 3.8) is 0 Å². The number of carbonyl (C=O) groups is 2. The van der Waals surface area contributed by atoms with Crippen LogP contribution in [0.25, 0.3) is 11.1 Å². The molecule has 1 N–H and O–H groups in total. The highest BCUT2D eigenvalue weighted by molar-refractivity contribution is 5.79. The van der Waals surface area contributed by atoms with Gasteiger partial charge in [-0.2, -0.15) is 0 Å². The van der Waals surface area contributed by atoms with Gasteiger partial charge in [0.25, 0.3) is 0 Å². The van der Waals surface area contributed by atoms with Crippen LogP contribution in [0, 0.1) is 11.8 Å². The summed E-state index contributed by atoms with van der Waals surface area (Å²) in [6.07, 6.45) is 2.06. The number of nitrogens with zero attached hydrogens (tertiary/aromatic N) is 1. The van der Waals surface area contributed by atoms with Gasteiger partial charge < -0.3 is 14.7 Å². The summed E-state index contributed by atoms with van der Waals surface area (Å²) in [5, 5.41) is 9.50. The molecule has 2 aliphatic carbocycles. The smallest absolute Gasteiger partial charge is 0.410 e. The molecule has 0 aromatic heterocycles. The fourth-order valence-electron chi connectivity index (χ4n) is 5.35. The largest absolute Gasteiger partial charge is 0.481 e. The van der Waals surface area contributed by atoms with E-state index in [-0.39, 0.29) is 30.6 Å². The Labute approximate surface area is 163 Å². The van der Waals surface area contributed by atoms with Crippen molar-refractivity contribution < 1.29 is 19.4 Å². The van der Waals surface area contributed by atoms with Gasteiger partial charge in [-0.1, -0.05) is 48.5 Å². The van der Waals surface area contributed by atoms with Crippen LogP contribution in [0.2, 0.25) is 0 Å². The summed E-state index contributed by atoms with van der Waals surface area (Å²) in [6, 6.07) is 16.3. The Morgan fingerprint density at radius 1 is 1.00 bits per heavy atom. The molecule has 2 heterocycles. The summed E-state index contributed by atoms with van der Waals surface area (Å²) in [6.45, 7) is 0.892. The molecule has 3 unspecified atom stereocenters. The number of hydrogen-bond acceptors (Lipinski definition) is 3. The number of carboxylic acids is 1. The van der Waals surface area contributed by atoms with Crippen LogP contribution in [-0.2, 0) is 9.53 Å². The van der Waals surface area contributed by atoms with Gasteiger partial charge in [0.15, 0.2) is 0 Å². The van der Waals surface area contributed by atoms with E-state index < -0.39 is 11.9 Å². The summed E-state index contributed by atoms with van der Waals surface area (Å²) in [5.41, 5.74) is 4.75. The molecule has 3 atom stereocenters. The van der Waals surface area contributed by atoms with Gasteiger partial charge in [0.2, 0.25) is 0 Å². The summed E-state index contributed by atoms with van der Waals surface area (Å²) in [4.78, 5) is 26.1. The lowest BCUT2D eigenvalue weighted by Crippen LogP contribution is -2.57. The average Bonchev–Trinajstić information content (AvgIpc) is 3.06. The van der Waals surface area contributed by atoms with E-state index in [0.29, 0.717) is 13.0 Å². The molecule has 5 heteroatoms. The Balaban J connectivity index is 1.34. The van der Waals surface area contributed by atoms with E-state index in [2.05, 4.69) is 24.3 Å². The van der Waals surface area contributed by atoms with Gasteiger partial charge in [-0.15, -0.1) is 0 Å². The van der Waals surface area contributed by atoms with Crippen LogP contribution in [0.5, 0.6) is 0 Å². The van der Waals surface area contributed by atoms with Crippen molar-refractivity contribution in [1.29, 1.82) is 0 Å². The van der Waals surface area contributed by atoms with Crippen LogP contribution < -0.4 is 0 Å². The molecule has 3 fully saturated rings. The zero-order chi connectivity index (χ0) is 19.3. The number of rotatable bonds is 3. The molecule has 6 rings (SSSR count). The molecule has 28 heavy (non-hydrogen) atoms. The lowest BCUT2D eigenvalue weighted by molar-refractivity contribution is -0.149. The topological polar surface area (TPSA) is 66.8 Å². The van der Waals surface area contributed by atoms with E-state index in [1.54, 1.807) is 4.90 Å². The van der Waals surface area contributed by atoms with Crippen molar-refractivity contribution in [2.75, 3.05) is 13.2 Å². The molecule has 5 nitrogen and oxygen atoms in total. The molecule has 0 spiro atoms. The highest BCUT2D eigenvalue weighted by Gasteiger charge is 2.46. The minimum atomic E-state index is -0.800. The molecule has 2 saturated heterocycles. The van der Waals surface area contributed by atoms with E-state index in [1.807, 2.05) is 24.3 Å². The van der Waals surface area contributed by atoms with Gasteiger partial charge in [-0.3, -0.25) is 4.79 Å². The molecular formula is C23H23NO4. The molecule has 1 amide bonds. The predicted molar refractivity (Wildman–Crippen MR) is 104 cm³/mol. The minimum Gasteiger partial charge on any atom is -0.481 e. The lowest BCUT2D eigenvalue weighted by Gasteiger charge is -2.47. The highest BCUT2D eigenvalue weighted by Crippen LogP contribution is 2.45. The average molecular weight is 377 g/mol. The number of amides is 1. The van der Waals surface area contributed by atoms with Crippen molar-refractivity contribution in [3.8, 4) is 11.1 Å². The summed E-state index contributed by atoms with van der Waals surface area (Å²) < 4.78 is 5.75. The Bertz CT molecular complexity index is 894. The summed E-state index contributed by atoms with van der Waals surface area (Å²) >= 11 is 0. The van der Waals surface area contributed by atoms with Crippen molar-refractivity contribution >= 4 is 12.1 Å². The van der Waals surface area contributed by atoms with E-state index in [1.165, 1.54) is 22.3 Å². The van der Waals surface area contributed by atoms with E-state index >= 15 is 0 Å². The van der Waals surface area contributed by atoms with Crippen molar-refractivity contribution in [1.82, 2.24) is 4.90 Å². The monoisotopic (exact) mass is 377 g/mol. The molecular weight excluding hydrogens is 354 g/mol. The van der Waals surface area contributed by atoms with Gasteiger partial charge in [-0.25, -0.2) is 4.79 Å². The molecule has 2 aromatic rings. The second kappa shape index (κ2) is 6.66. The Morgan fingerprint density at radius 2 is 1.64 bits per heavy atom. The van der Waals surface area contributed by atoms with Crippen molar-refractivity contribution in [3.05, 3.63) is 59.7 Å². The minimum absolute atomic E-state index is 0.0219. The van der Waals surface area contributed by atoms with Crippen LogP contribution in [0.1, 0.15) is 36.3 Å².